The number of ether oxygens (including phenoxy) is 1. The summed E-state index contributed by atoms with van der Waals surface area (Å²) in [6.45, 7) is 2.38. The van der Waals surface area contributed by atoms with Crippen LogP contribution < -0.4 is 4.74 Å². The second-order valence-corrected chi connectivity index (χ2v) is 9.07. The third-order valence-corrected chi connectivity index (χ3v) is 7.11. The van der Waals surface area contributed by atoms with Gasteiger partial charge in [0.2, 0.25) is 0 Å². The first-order chi connectivity index (χ1) is 17.3. The molecule has 5 nitrogen and oxygen atoms in total. The molecule has 8 heteroatoms. The van der Waals surface area contributed by atoms with Crippen LogP contribution in [0.4, 0.5) is 13.2 Å². The number of rotatable bonds is 5. The standard InChI is InChI=1S/C28H25F3N2O3/c1-36-24-12-5-2-7-19(24)18-32-13-15-33(16-14-32)27(20-8-6-9-21(17-20)28(29,30)31)25(34)22-10-3-4-11-23(22)26(27)35/h2-12,17H,13-16,18H2,1H3. The van der Waals surface area contributed by atoms with E-state index in [4.69, 9.17) is 4.74 Å². The van der Waals surface area contributed by atoms with E-state index < -0.39 is 28.8 Å². The zero-order valence-electron chi connectivity index (χ0n) is 19.7. The molecule has 186 valence electrons. The lowest BCUT2D eigenvalue weighted by molar-refractivity contribution is -0.137. The summed E-state index contributed by atoms with van der Waals surface area (Å²) in [6.07, 6.45) is -4.60. The zero-order chi connectivity index (χ0) is 25.5. The quantitative estimate of drug-likeness (QED) is 0.477. The molecule has 0 saturated carbocycles. The van der Waals surface area contributed by atoms with Crippen LogP contribution in [-0.2, 0) is 18.3 Å². The van der Waals surface area contributed by atoms with Gasteiger partial charge in [0.25, 0.3) is 0 Å². The Labute approximate surface area is 207 Å². The highest BCUT2D eigenvalue weighted by molar-refractivity contribution is 6.32. The smallest absolute Gasteiger partial charge is 0.416 e. The number of fused-ring (bicyclic) bond motifs is 1. The van der Waals surface area contributed by atoms with Crippen LogP contribution in [0.1, 0.15) is 37.4 Å². The fourth-order valence-corrected chi connectivity index (χ4v) is 5.34. The maximum Gasteiger partial charge on any atom is 0.416 e. The number of hydrogen-bond acceptors (Lipinski definition) is 5. The number of alkyl halides is 3. The molecule has 0 aromatic heterocycles. The van der Waals surface area contributed by atoms with Crippen molar-refractivity contribution in [2.45, 2.75) is 18.3 Å². The van der Waals surface area contributed by atoms with Crippen LogP contribution in [0.5, 0.6) is 5.75 Å². The molecule has 0 N–H and O–H groups in total. The first kappa shape index (κ1) is 24.2. The molecule has 1 aliphatic heterocycles. The number of para-hydroxylation sites is 1. The highest BCUT2D eigenvalue weighted by atomic mass is 19.4. The van der Waals surface area contributed by atoms with Crippen molar-refractivity contribution < 1.29 is 27.5 Å². The minimum Gasteiger partial charge on any atom is -0.496 e. The number of piperazine rings is 1. The molecule has 3 aromatic rings. The van der Waals surface area contributed by atoms with Gasteiger partial charge in [0.15, 0.2) is 17.1 Å². The molecule has 3 aromatic carbocycles. The van der Waals surface area contributed by atoms with Gasteiger partial charge in [-0.25, -0.2) is 0 Å². The Bertz CT molecular complexity index is 1280. The largest absolute Gasteiger partial charge is 0.496 e. The topological polar surface area (TPSA) is 49.9 Å². The summed E-state index contributed by atoms with van der Waals surface area (Å²) >= 11 is 0. The Morgan fingerprint density at radius 2 is 1.44 bits per heavy atom. The Hall–Kier alpha value is -3.49. The summed E-state index contributed by atoms with van der Waals surface area (Å²) in [4.78, 5) is 31.7. The number of carbonyl (C=O) groups is 2. The molecule has 0 atom stereocenters. The van der Waals surface area contributed by atoms with Gasteiger partial charge in [0.1, 0.15) is 5.75 Å². The Kier molecular flexibility index (Phi) is 6.18. The van der Waals surface area contributed by atoms with Crippen LogP contribution in [-0.4, -0.2) is 54.7 Å². The minimum absolute atomic E-state index is 0.0571. The van der Waals surface area contributed by atoms with Gasteiger partial charge < -0.3 is 4.74 Å². The van der Waals surface area contributed by atoms with E-state index in [0.717, 1.165) is 23.4 Å². The fraction of sp³-hybridized carbons (Fsp3) is 0.286. The highest BCUT2D eigenvalue weighted by Gasteiger charge is 2.58. The number of benzene rings is 3. The summed E-state index contributed by atoms with van der Waals surface area (Å²) in [5.41, 5.74) is -1.14. The molecule has 0 spiro atoms. The van der Waals surface area contributed by atoms with Crippen molar-refractivity contribution in [1.82, 2.24) is 9.80 Å². The number of halogens is 3. The normalized spacial score (nSPS) is 18.3. The highest BCUT2D eigenvalue weighted by Crippen LogP contribution is 2.44. The molecule has 36 heavy (non-hydrogen) atoms. The molecule has 2 aliphatic rings. The second kappa shape index (κ2) is 9.19. The van der Waals surface area contributed by atoms with E-state index in [-0.39, 0.29) is 16.7 Å². The van der Waals surface area contributed by atoms with E-state index in [0.29, 0.717) is 32.7 Å². The second-order valence-electron chi connectivity index (χ2n) is 9.07. The minimum atomic E-state index is -4.60. The molecule has 0 bridgehead atoms. The van der Waals surface area contributed by atoms with Gasteiger partial charge in [-0.1, -0.05) is 54.6 Å². The molecule has 1 aliphatic carbocycles. The number of ketones is 2. The molecule has 1 fully saturated rings. The van der Waals surface area contributed by atoms with Crippen LogP contribution in [0, 0.1) is 0 Å². The monoisotopic (exact) mass is 494 g/mol. The van der Waals surface area contributed by atoms with Gasteiger partial charge in [0, 0.05) is 49.4 Å². The summed E-state index contributed by atoms with van der Waals surface area (Å²) in [7, 11) is 1.62. The molecule has 1 heterocycles. The van der Waals surface area contributed by atoms with Gasteiger partial charge in [-0.15, -0.1) is 0 Å². The summed E-state index contributed by atoms with van der Waals surface area (Å²) in [5.74, 6) is -0.168. The third kappa shape index (κ3) is 3.90. The van der Waals surface area contributed by atoms with Crippen molar-refractivity contribution in [3.8, 4) is 5.75 Å². The fourth-order valence-electron chi connectivity index (χ4n) is 5.34. The van der Waals surface area contributed by atoms with E-state index in [1.165, 1.54) is 12.1 Å². The molecular weight excluding hydrogens is 469 g/mol. The third-order valence-electron chi connectivity index (χ3n) is 7.11. The summed E-state index contributed by atoms with van der Waals surface area (Å²) in [6, 6.07) is 18.8. The number of carbonyl (C=O) groups excluding carboxylic acids is 2. The molecule has 5 rings (SSSR count). The van der Waals surface area contributed by atoms with Crippen molar-refractivity contribution in [2.24, 2.45) is 0 Å². The van der Waals surface area contributed by atoms with Gasteiger partial charge in [0.05, 0.1) is 12.7 Å². The van der Waals surface area contributed by atoms with Crippen molar-refractivity contribution in [3.05, 3.63) is 101 Å². The number of methoxy groups -OCH3 is 1. The molecule has 1 saturated heterocycles. The maximum absolute atomic E-state index is 13.9. The SMILES string of the molecule is COc1ccccc1CN1CCN(C2(c3cccc(C(F)(F)F)c3)C(=O)c3ccccc3C2=O)CC1. The van der Waals surface area contributed by atoms with Crippen molar-refractivity contribution in [2.75, 3.05) is 33.3 Å². The average molecular weight is 495 g/mol. The van der Waals surface area contributed by atoms with Gasteiger partial charge in [-0.05, 0) is 23.8 Å². The first-order valence-corrected chi connectivity index (χ1v) is 11.7. The van der Waals surface area contributed by atoms with E-state index in [9.17, 15) is 22.8 Å². The van der Waals surface area contributed by atoms with Crippen molar-refractivity contribution in [1.29, 1.82) is 0 Å². The summed E-state index contributed by atoms with van der Waals surface area (Å²) in [5, 5.41) is 0. The van der Waals surface area contributed by atoms with E-state index in [2.05, 4.69) is 4.90 Å². The maximum atomic E-state index is 13.9. The molecular formula is C28H25F3N2O3. The van der Waals surface area contributed by atoms with Crippen LogP contribution in [0.3, 0.4) is 0 Å². The average Bonchev–Trinajstić information content (AvgIpc) is 3.12. The number of hydrogen-bond donors (Lipinski definition) is 0. The lowest BCUT2D eigenvalue weighted by Crippen LogP contribution is -2.60. The van der Waals surface area contributed by atoms with Crippen LogP contribution >= 0.6 is 0 Å². The molecule has 0 amide bonds. The van der Waals surface area contributed by atoms with Crippen molar-refractivity contribution in [3.63, 3.8) is 0 Å². The van der Waals surface area contributed by atoms with Crippen LogP contribution in [0.25, 0.3) is 0 Å². The van der Waals surface area contributed by atoms with Gasteiger partial charge in [-0.3, -0.25) is 19.4 Å². The Morgan fingerprint density at radius 1 is 0.833 bits per heavy atom. The van der Waals surface area contributed by atoms with Gasteiger partial charge >= 0.3 is 6.18 Å². The van der Waals surface area contributed by atoms with E-state index in [1.807, 2.05) is 24.3 Å². The number of Topliss-reactive ketones (excluding diaryl/α,β-unsaturated/α-hetero) is 2. The Morgan fingerprint density at radius 3 is 2.06 bits per heavy atom. The predicted octanol–water partition coefficient (Wildman–Crippen LogP) is 4.81. The van der Waals surface area contributed by atoms with Crippen molar-refractivity contribution >= 4 is 11.6 Å². The van der Waals surface area contributed by atoms with E-state index >= 15 is 0 Å². The summed E-state index contributed by atoms with van der Waals surface area (Å²) < 4.78 is 46.2. The number of nitrogens with zero attached hydrogens (tertiary/aromatic N) is 2. The molecule has 0 radical (unpaired) electrons. The first-order valence-electron chi connectivity index (χ1n) is 11.7. The van der Waals surface area contributed by atoms with Crippen LogP contribution in [0.2, 0.25) is 0 Å². The van der Waals surface area contributed by atoms with E-state index in [1.54, 1.807) is 36.3 Å². The zero-order valence-corrected chi connectivity index (χ0v) is 19.7. The van der Waals surface area contributed by atoms with Gasteiger partial charge in [-0.2, -0.15) is 13.2 Å². The van der Waals surface area contributed by atoms with Crippen LogP contribution in [0.15, 0.2) is 72.8 Å². The Balaban J connectivity index is 1.50. The lowest BCUT2D eigenvalue weighted by Gasteiger charge is -2.44. The molecule has 0 unspecified atom stereocenters. The predicted molar refractivity (Wildman–Crippen MR) is 128 cm³/mol. The lowest BCUT2D eigenvalue weighted by atomic mass is 9.81.